The monoisotopic (exact) mass is 286 g/mol. The lowest BCUT2D eigenvalue weighted by Crippen LogP contribution is -2.38. The molecule has 0 saturated heterocycles. The number of carbonyl (C=O) groups excluding carboxylic acids is 1. The van der Waals surface area contributed by atoms with Gasteiger partial charge in [0.2, 0.25) is 5.91 Å². The van der Waals surface area contributed by atoms with Crippen molar-refractivity contribution < 1.29 is 18.3 Å². The largest absolute Gasteiger partial charge is 0.433 e. The lowest BCUT2D eigenvalue weighted by atomic mass is 10.2. The van der Waals surface area contributed by atoms with Crippen molar-refractivity contribution in [1.29, 1.82) is 0 Å². The summed E-state index contributed by atoms with van der Waals surface area (Å²) in [6.45, 7) is 1.41. The smallest absolute Gasteiger partial charge is 0.387 e. The number of unbranched alkanes of at least 4 members (excludes halogenated alkanes) is 1. The summed E-state index contributed by atoms with van der Waals surface area (Å²) >= 11 is 0. The zero-order valence-electron chi connectivity index (χ0n) is 11.7. The highest BCUT2D eigenvalue weighted by Gasteiger charge is 2.15. The SMILES string of the molecule is CCCCNC(=O)C(C)Nc1ccccc1OC(F)F. The molecule has 0 radical (unpaired) electrons. The fourth-order valence-corrected chi connectivity index (χ4v) is 1.62. The minimum atomic E-state index is -2.90. The van der Waals surface area contributed by atoms with Gasteiger partial charge in [0, 0.05) is 6.54 Å². The highest BCUT2D eigenvalue weighted by atomic mass is 19.3. The van der Waals surface area contributed by atoms with Crippen LogP contribution in [0.25, 0.3) is 0 Å². The Morgan fingerprint density at radius 2 is 2.05 bits per heavy atom. The predicted octanol–water partition coefficient (Wildman–Crippen LogP) is 3.00. The molecule has 0 spiro atoms. The molecule has 0 aromatic heterocycles. The van der Waals surface area contributed by atoms with Crippen LogP contribution in [-0.4, -0.2) is 25.1 Å². The van der Waals surface area contributed by atoms with Gasteiger partial charge in [0.05, 0.1) is 5.69 Å². The quantitative estimate of drug-likeness (QED) is 0.722. The van der Waals surface area contributed by atoms with Crippen molar-refractivity contribution in [3.05, 3.63) is 24.3 Å². The summed E-state index contributed by atoms with van der Waals surface area (Å²) in [4.78, 5) is 11.8. The van der Waals surface area contributed by atoms with Crippen LogP contribution >= 0.6 is 0 Å². The molecule has 0 bridgehead atoms. The van der Waals surface area contributed by atoms with Crippen LogP contribution < -0.4 is 15.4 Å². The first-order chi connectivity index (χ1) is 9.54. The van der Waals surface area contributed by atoms with Gasteiger partial charge in [0.25, 0.3) is 0 Å². The van der Waals surface area contributed by atoms with Gasteiger partial charge in [0.1, 0.15) is 11.8 Å². The summed E-state index contributed by atoms with van der Waals surface area (Å²) in [5.74, 6) is -0.152. The van der Waals surface area contributed by atoms with Gasteiger partial charge in [-0.1, -0.05) is 25.5 Å². The van der Waals surface area contributed by atoms with Gasteiger partial charge >= 0.3 is 6.61 Å². The van der Waals surface area contributed by atoms with E-state index in [4.69, 9.17) is 0 Å². The topological polar surface area (TPSA) is 50.4 Å². The number of anilines is 1. The maximum absolute atomic E-state index is 12.3. The molecule has 1 unspecified atom stereocenters. The van der Waals surface area contributed by atoms with E-state index in [1.54, 1.807) is 25.1 Å². The number of rotatable bonds is 8. The molecule has 112 valence electrons. The van der Waals surface area contributed by atoms with Gasteiger partial charge in [-0.25, -0.2) is 0 Å². The van der Waals surface area contributed by atoms with Crippen molar-refractivity contribution in [3.8, 4) is 5.75 Å². The molecule has 1 aromatic rings. The Hall–Kier alpha value is -1.85. The first kappa shape index (κ1) is 16.2. The Morgan fingerprint density at radius 3 is 2.70 bits per heavy atom. The van der Waals surface area contributed by atoms with Crippen LogP contribution in [0, 0.1) is 0 Å². The number of alkyl halides is 2. The van der Waals surface area contributed by atoms with E-state index in [0.29, 0.717) is 12.2 Å². The second-order valence-electron chi connectivity index (χ2n) is 4.39. The summed E-state index contributed by atoms with van der Waals surface area (Å²) in [6.07, 6.45) is 1.90. The Labute approximate surface area is 117 Å². The van der Waals surface area contributed by atoms with Crippen molar-refractivity contribution in [1.82, 2.24) is 5.32 Å². The molecule has 0 saturated carbocycles. The molecule has 20 heavy (non-hydrogen) atoms. The minimum Gasteiger partial charge on any atom is -0.433 e. The summed E-state index contributed by atoms with van der Waals surface area (Å²) in [5.41, 5.74) is 0.367. The number of para-hydroxylation sites is 2. The van der Waals surface area contributed by atoms with Crippen LogP contribution in [0.1, 0.15) is 26.7 Å². The molecule has 4 nitrogen and oxygen atoms in total. The van der Waals surface area contributed by atoms with Crippen molar-refractivity contribution >= 4 is 11.6 Å². The van der Waals surface area contributed by atoms with Crippen molar-refractivity contribution in [2.75, 3.05) is 11.9 Å². The molecule has 0 aliphatic carbocycles. The zero-order chi connectivity index (χ0) is 15.0. The summed E-state index contributed by atoms with van der Waals surface area (Å²) in [5, 5.41) is 5.65. The molecule has 6 heteroatoms. The number of hydrogen-bond donors (Lipinski definition) is 2. The van der Waals surface area contributed by atoms with Gasteiger partial charge < -0.3 is 15.4 Å². The third-order valence-corrected chi connectivity index (χ3v) is 2.70. The number of ether oxygens (including phenoxy) is 1. The number of benzene rings is 1. The number of nitrogens with one attached hydrogen (secondary N) is 2. The van der Waals surface area contributed by atoms with E-state index in [-0.39, 0.29) is 11.7 Å². The standard InChI is InChI=1S/C14H20F2N2O2/c1-3-4-9-17-13(19)10(2)18-11-7-5-6-8-12(11)20-14(15)16/h5-8,10,14,18H,3-4,9H2,1-2H3,(H,17,19). The number of hydrogen-bond acceptors (Lipinski definition) is 3. The number of halogens is 2. The van der Waals surface area contributed by atoms with Gasteiger partial charge in [-0.2, -0.15) is 8.78 Å². The molecule has 0 fully saturated rings. The molecular weight excluding hydrogens is 266 g/mol. The maximum atomic E-state index is 12.3. The highest BCUT2D eigenvalue weighted by Crippen LogP contribution is 2.26. The van der Waals surface area contributed by atoms with E-state index in [0.717, 1.165) is 12.8 Å². The molecule has 1 rings (SSSR count). The molecule has 0 aliphatic heterocycles. The Morgan fingerprint density at radius 1 is 1.35 bits per heavy atom. The first-order valence-corrected chi connectivity index (χ1v) is 6.62. The Bertz CT molecular complexity index is 427. The van der Waals surface area contributed by atoms with E-state index in [1.165, 1.54) is 6.07 Å². The van der Waals surface area contributed by atoms with E-state index in [9.17, 15) is 13.6 Å². The molecule has 1 aromatic carbocycles. The van der Waals surface area contributed by atoms with Crippen LogP contribution in [0.5, 0.6) is 5.75 Å². The van der Waals surface area contributed by atoms with Crippen molar-refractivity contribution in [2.45, 2.75) is 39.3 Å². The molecular formula is C14H20F2N2O2. The molecule has 0 heterocycles. The van der Waals surface area contributed by atoms with Crippen LogP contribution in [-0.2, 0) is 4.79 Å². The van der Waals surface area contributed by atoms with Gasteiger partial charge in [-0.3, -0.25) is 4.79 Å². The zero-order valence-corrected chi connectivity index (χ0v) is 11.7. The summed E-state index contributed by atoms with van der Waals surface area (Å²) in [6, 6.07) is 5.76. The lowest BCUT2D eigenvalue weighted by Gasteiger charge is -2.17. The Kier molecular flexibility index (Phi) is 6.76. The molecule has 1 atom stereocenters. The van der Waals surface area contributed by atoms with Crippen LogP contribution in [0.4, 0.5) is 14.5 Å². The molecule has 1 amide bonds. The highest BCUT2D eigenvalue weighted by molar-refractivity contribution is 5.84. The predicted molar refractivity (Wildman–Crippen MR) is 74.1 cm³/mol. The second-order valence-corrected chi connectivity index (χ2v) is 4.39. The normalized spacial score (nSPS) is 12.1. The lowest BCUT2D eigenvalue weighted by molar-refractivity contribution is -0.121. The van der Waals surface area contributed by atoms with Crippen molar-refractivity contribution in [2.24, 2.45) is 0 Å². The second kappa shape index (κ2) is 8.35. The van der Waals surface area contributed by atoms with E-state index in [1.807, 2.05) is 6.92 Å². The van der Waals surface area contributed by atoms with Crippen LogP contribution in [0.15, 0.2) is 24.3 Å². The third-order valence-electron chi connectivity index (χ3n) is 2.70. The first-order valence-electron chi connectivity index (χ1n) is 6.62. The van der Waals surface area contributed by atoms with Gasteiger partial charge in [0.15, 0.2) is 0 Å². The average Bonchev–Trinajstić information content (AvgIpc) is 2.40. The molecule has 2 N–H and O–H groups in total. The van der Waals surface area contributed by atoms with Crippen molar-refractivity contribution in [3.63, 3.8) is 0 Å². The van der Waals surface area contributed by atoms with E-state index in [2.05, 4.69) is 15.4 Å². The molecule has 0 aliphatic rings. The van der Waals surface area contributed by atoms with Gasteiger partial charge in [-0.15, -0.1) is 0 Å². The average molecular weight is 286 g/mol. The van der Waals surface area contributed by atoms with Gasteiger partial charge in [-0.05, 0) is 25.5 Å². The van der Waals surface area contributed by atoms with E-state index < -0.39 is 12.7 Å². The number of amides is 1. The van der Waals surface area contributed by atoms with Crippen LogP contribution in [0.2, 0.25) is 0 Å². The minimum absolute atomic E-state index is 0.0238. The van der Waals surface area contributed by atoms with Crippen LogP contribution in [0.3, 0.4) is 0 Å². The van der Waals surface area contributed by atoms with E-state index >= 15 is 0 Å². The number of carbonyl (C=O) groups is 1. The summed E-state index contributed by atoms with van der Waals surface area (Å²) in [7, 11) is 0. The fourth-order valence-electron chi connectivity index (χ4n) is 1.62. The summed E-state index contributed by atoms with van der Waals surface area (Å²) < 4.78 is 28.9. The maximum Gasteiger partial charge on any atom is 0.387 e. The Balaban J connectivity index is 2.60. The third kappa shape index (κ3) is 5.42. The fraction of sp³-hybridized carbons (Fsp3) is 0.500.